The molecule has 4 rings (SSSR count). The molecule has 0 atom stereocenters. The van der Waals surface area contributed by atoms with Gasteiger partial charge in [0.1, 0.15) is 0 Å². The molecule has 3 nitrogen and oxygen atoms in total. The number of hydrogen-bond acceptors (Lipinski definition) is 3. The number of aryl methyl sites for hydroxylation is 1. The molecule has 0 radical (unpaired) electrons. The van der Waals surface area contributed by atoms with Gasteiger partial charge < -0.3 is 9.26 Å². The first-order valence-corrected chi connectivity index (χ1v) is 10.0. The average Bonchev–Trinajstić information content (AvgIpc) is 3.13. The van der Waals surface area contributed by atoms with Crippen LogP contribution in [0.3, 0.4) is 0 Å². The van der Waals surface area contributed by atoms with Crippen molar-refractivity contribution in [2.24, 2.45) is 0 Å². The van der Waals surface area contributed by atoms with Crippen LogP contribution >= 0.6 is 11.6 Å². The van der Waals surface area contributed by atoms with Gasteiger partial charge in [-0.2, -0.15) is 0 Å². The van der Waals surface area contributed by atoms with Crippen molar-refractivity contribution in [2.45, 2.75) is 20.0 Å². The minimum absolute atomic E-state index is 0.491. The van der Waals surface area contributed by atoms with Crippen molar-refractivity contribution in [3.8, 4) is 22.5 Å². The van der Waals surface area contributed by atoms with E-state index in [1.807, 2.05) is 49.4 Å². The number of benzene rings is 3. The van der Waals surface area contributed by atoms with E-state index in [-0.39, 0.29) is 0 Å². The first kappa shape index (κ1) is 19.4. The van der Waals surface area contributed by atoms with E-state index in [2.05, 4.69) is 41.6 Å². The van der Waals surface area contributed by atoms with Crippen LogP contribution in [-0.4, -0.2) is 11.8 Å². The maximum atomic E-state index is 6.19. The third-order valence-corrected chi connectivity index (χ3v) is 5.32. The molecular formula is C25H22ClNO2. The predicted molar refractivity (Wildman–Crippen MR) is 117 cm³/mol. The summed E-state index contributed by atoms with van der Waals surface area (Å²) in [4.78, 5) is 0. The molecule has 0 aliphatic heterocycles. The van der Waals surface area contributed by atoms with Crippen LogP contribution in [0.2, 0.25) is 5.02 Å². The summed E-state index contributed by atoms with van der Waals surface area (Å²) in [5, 5.41) is 4.90. The molecule has 0 aliphatic carbocycles. The van der Waals surface area contributed by atoms with Crippen LogP contribution in [-0.2, 0) is 17.8 Å². The number of hydrogen-bond donors (Lipinski definition) is 0. The lowest BCUT2D eigenvalue weighted by atomic mass is 10.0. The SMILES string of the molecule is Cc1noc(-c2ccc(-c3ccccc3)cc2)c1CCOCc1ccccc1Cl. The quantitative estimate of drug-likeness (QED) is 0.321. The van der Waals surface area contributed by atoms with Crippen molar-refractivity contribution >= 4 is 11.6 Å². The molecule has 0 fully saturated rings. The Bertz CT molecular complexity index is 1070. The standard InChI is InChI=1S/C25H22ClNO2/c1-18-23(15-16-28-17-22-9-5-6-10-24(22)26)25(29-27-18)21-13-11-20(12-14-21)19-7-3-2-4-8-19/h2-14H,15-17H2,1H3. The highest BCUT2D eigenvalue weighted by atomic mass is 35.5. The smallest absolute Gasteiger partial charge is 0.170 e. The fourth-order valence-corrected chi connectivity index (χ4v) is 3.52. The number of aromatic nitrogens is 1. The first-order chi connectivity index (χ1) is 14.2. The fraction of sp³-hybridized carbons (Fsp3) is 0.160. The van der Waals surface area contributed by atoms with Crippen LogP contribution in [0.25, 0.3) is 22.5 Å². The lowest BCUT2D eigenvalue weighted by molar-refractivity contribution is 0.124. The maximum Gasteiger partial charge on any atom is 0.170 e. The summed E-state index contributed by atoms with van der Waals surface area (Å²) in [6.45, 7) is 3.03. The number of halogens is 1. The summed E-state index contributed by atoms with van der Waals surface area (Å²) in [6.07, 6.45) is 0.732. The summed E-state index contributed by atoms with van der Waals surface area (Å²) in [7, 11) is 0. The van der Waals surface area contributed by atoms with E-state index in [0.717, 1.165) is 39.6 Å². The van der Waals surface area contributed by atoms with Gasteiger partial charge in [-0.25, -0.2) is 0 Å². The van der Waals surface area contributed by atoms with Crippen molar-refractivity contribution in [2.75, 3.05) is 6.61 Å². The normalized spacial score (nSPS) is 11.0. The molecule has 0 bridgehead atoms. The zero-order chi connectivity index (χ0) is 20.1. The van der Waals surface area contributed by atoms with Crippen molar-refractivity contribution in [3.63, 3.8) is 0 Å². The van der Waals surface area contributed by atoms with Gasteiger partial charge in [0.2, 0.25) is 0 Å². The molecule has 4 aromatic rings. The van der Waals surface area contributed by atoms with E-state index in [9.17, 15) is 0 Å². The largest absolute Gasteiger partial charge is 0.376 e. The molecular weight excluding hydrogens is 382 g/mol. The van der Waals surface area contributed by atoms with E-state index >= 15 is 0 Å². The van der Waals surface area contributed by atoms with Crippen molar-refractivity contribution < 1.29 is 9.26 Å². The lowest BCUT2D eigenvalue weighted by Crippen LogP contribution is -2.01. The van der Waals surface area contributed by atoms with E-state index in [1.54, 1.807) is 0 Å². The van der Waals surface area contributed by atoms with Crippen molar-refractivity contribution in [1.29, 1.82) is 0 Å². The first-order valence-electron chi connectivity index (χ1n) is 9.64. The van der Waals surface area contributed by atoms with Gasteiger partial charge in [-0.15, -0.1) is 0 Å². The topological polar surface area (TPSA) is 35.3 Å². The molecule has 0 saturated carbocycles. The van der Waals surface area contributed by atoms with Crippen molar-refractivity contribution in [1.82, 2.24) is 5.16 Å². The van der Waals surface area contributed by atoms with Crippen LogP contribution < -0.4 is 0 Å². The van der Waals surface area contributed by atoms with Gasteiger partial charge in [-0.3, -0.25) is 0 Å². The zero-order valence-corrected chi connectivity index (χ0v) is 17.0. The second-order valence-electron chi connectivity index (χ2n) is 6.91. The average molecular weight is 404 g/mol. The Balaban J connectivity index is 1.44. The van der Waals surface area contributed by atoms with Gasteiger partial charge in [0.25, 0.3) is 0 Å². The Morgan fingerprint density at radius 1 is 0.828 bits per heavy atom. The molecule has 29 heavy (non-hydrogen) atoms. The summed E-state index contributed by atoms with van der Waals surface area (Å²) in [5.41, 5.74) is 6.36. The monoisotopic (exact) mass is 403 g/mol. The van der Waals surface area contributed by atoms with Gasteiger partial charge in [0.05, 0.1) is 18.9 Å². The van der Waals surface area contributed by atoms with Gasteiger partial charge in [-0.1, -0.05) is 89.6 Å². The van der Waals surface area contributed by atoms with Gasteiger partial charge in [0, 0.05) is 22.6 Å². The van der Waals surface area contributed by atoms with E-state index in [0.29, 0.717) is 13.2 Å². The van der Waals surface area contributed by atoms with Crippen LogP contribution in [0.5, 0.6) is 0 Å². The molecule has 0 N–H and O–H groups in total. The van der Waals surface area contributed by atoms with Crippen LogP contribution in [0.4, 0.5) is 0 Å². The third-order valence-electron chi connectivity index (χ3n) is 4.95. The van der Waals surface area contributed by atoms with Crippen LogP contribution in [0.15, 0.2) is 83.4 Å². The molecule has 0 aliphatic rings. The molecule has 0 unspecified atom stereocenters. The summed E-state index contributed by atoms with van der Waals surface area (Å²) >= 11 is 6.19. The molecule has 0 amide bonds. The van der Waals surface area contributed by atoms with E-state index in [1.165, 1.54) is 11.1 Å². The predicted octanol–water partition coefficient (Wildman–Crippen LogP) is 6.73. The van der Waals surface area contributed by atoms with Gasteiger partial charge >= 0.3 is 0 Å². The minimum atomic E-state index is 0.491. The Kier molecular flexibility index (Phi) is 6.09. The van der Waals surface area contributed by atoms with Crippen LogP contribution in [0, 0.1) is 6.92 Å². The maximum absolute atomic E-state index is 6.19. The lowest BCUT2D eigenvalue weighted by Gasteiger charge is -2.07. The molecule has 1 aromatic heterocycles. The Labute approximate surface area is 175 Å². The van der Waals surface area contributed by atoms with Gasteiger partial charge in [0.15, 0.2) is 5.76 Å². The molecule has 3 aromatic carbocycles. The fourth-order valence-electron chi connectivity index (χ4n) is 3.33. The highest BCUT2D eigenvalue weighted by molar-refractivity contribution is 6.31. The molecule has 1 heterocycles. The Hall–Kier alpha value is -2.88. The number of rotatable bonds is 7. The van der Waals surface area contributed by atoms with Crippen LogP contribution in [0.1, 0.15) is 16.8 Å². The van der Waals surface area contributed by atoms with Crippen molar-refractivity contribution in [3.05, 3.63) is 101 Å². The summed E-state index contributed by atoms with van der Waals surface area (Å²) < 4.78 is 11.5. The molecule has 4 heteroatoms. The highest BCUT2D eigenvalue weighted by Crippen LogP contribution is 2.29. The second kappa shape index (κ2) is 9.08. The molecule has 0 spiro atoms. The zero-order valence-electron chi connectivity index (χ0n) is 16.3. The summed E-state index contributed by atoms with van der Waals surface area (Å²) in [5.74, 6) is 0.809. The van der Waals surface area contributed by atoms with Gasteiger partial charge in [-0.05, 0) is 29.7 Å². The second-order valence-corrected chi connectivity index (χ2v) is 7.32. The molecule has 0 saturated heterocycles. The Morgan fingerprint density at radius 3 is 2.24 bits per heavy atom. The number of nitrogens with zero attached hydrogens (tertiary/aromatic N) is 1. The van der Waals surface area contributed by atoms with E-state index in [4.69, 9.17) is 20.9 Å². The van der Waals surface area contributed by atoms with E-state index < -0.39 is 0 Å². The highest BCUT2D eigenvalue weighted by Gasteiger charge is 2.15. The minimum Gasteiger partial charge on any atom is -0.376 e. The number of ether oxygens (including phenoxy) is 1. The Morgan fingerprint density at radius 2 is 1.48 bits per heavy atom. The third kappa shape index (κ3) is 4.58. The molecule has 146 valence electrons. The summed E-state index contributed by atoms with van der Waals surface area (Å²) in [6, 6.07) is 26.4.